The van der Waals surface area contributed by atoms with E-state index >= 15 is 0 Å². The number of ether oxygens (including phenoxy) is 1. The summed E-state index contributed by atoms with van der Waals surface area (Å²) < 4.78 is 6.18. The molecule has 0 aliphatic carbocycles. The maximum absolute atomic E-state index is 12.1. The number of amides is 3. The Morgan fingerprint density at radius 2 is 1.68 bits per heavy atom. The third-order valence-electron chi connectivity index (χ3n) is 3.61. The third-order valence-corrected chi connectivity index (χ3v) is 4.23. The zero-order valence-electron chi connectivity index (χ0n) is 15.5. The van der Waals surface area contributed by atoms with Crippen molar-refractivity contribution in [1.82, 2.24) is 10.9 Å². The number of carbonyl (C=O) groups excluding carboxylic acids is 3. The first kappa shape index (κ1) is 21.4. The van der Waals surface area contributed by atoms with Crippen molar-refractivity contribution in [3.63, 3.8) is 0 Å². The molecule has 0 atom stereocenters. The van der Waals surface area contributed by atoms with Crippen molar-refractivity contribution in [3.05, 3.63) is 58.6 Å². The first-order chi connectivity index (χ1) is 13.5. The molecule has 0 heterocycles. The van der Waals surface area contributed by atoms with E-state index in [1.54, 1.807) is 42.5 Å². The van der Waals surface area contributed by atoms with E-state index in [1.165, 1.54) is 0 Å². The molecule has 7 nitrogen and oxygen atoms in total. The molecule has 0 aliphatic rings. The molecule has 8 heteroatoms. The molecular weight excluding hydrogens is 426 g/mol. The minimum atomic E-state index is -0.468. The zero-order chi connectivity index (χ0) is 20.4. The molecule has 148 valence electrons. The van der Waals surface area contributed by atoms with Gasteiger partial charge in [-0.3, -0.25) is 25.2 Å². The van der Waals surface area contributed by atoms with Crippen LogP contribution in [0.15, 0.2) is 53.0 Å². The van der Waals surface area contributed by atoms with E-state index in [0.717, 1.165) is 6.42 Å². The molecule has 0 fully saturated rings. The molecule has 0 bridgehead atoms. The van der Waals surface area contributed by atoms with E-state index in [0.29, 0.717) is 28.1 Å². The zero-order valence-corrected chi connectivity index (χ0v) is 17.0. The second-order valence-electron chi connectivity index (χ2n) is 5.91. The van der Waals surface area contributed by atoms with Crippen molar-refractivity contribution in [3.8, 4) is 5.75 Å². The Morgan fingerprint density at radius 1 is 0.964 bits per heavy atom. The molecule has 3 N–H and O–H groups in total. The average Bonchev–Trinajstić information content (AvgIpc) is 2.70. The summed E-state index contributed by atoms with van der Waals surface area (Å²) >= 11 is 3.36. The lowest BCUT2D eigenvalue weighted by Gasteiger charge is -2.10. The van der Waals surface area contributed by atoms with Crippen LogP contribution in [0.5, 0.6) is 5.75 Å². The first-order valence-corrected chi connectivity index (χ1v) is 9.65. The van der Waals surface area contributed by atoms with Crippen LogP contribution >= 0.6 is 15.9 Å². The molecule has 0 aliphatic heterocycles. The third kappa shape index (κ3) is 7.03. The largest absolute Gasteiger partial charge is 0.492 e. The number of rotatable bonds is 8. The summed E-state index contributed by atoms with van der Waals surface area (Å²) in [5, 5.41) is 2.69. The number of benzene rings is 2. The first-order valence-electron chi connectivity index (χ1n) is 8.86. The van der Waals surface area contributed by atoms with Crippen LogP contribution in [0.3, 0.4) is 0 Å². The Hall–Kier alpha value is -2.87. The molecule has 0 saturated heterocycles. The minimum Gasteiger partial charge on any atom is -0.492 e. The number of hydrogen-bond acceptors (Lipinski definition) is 4. The Bertz CT molecular complexity index is 827. The molecule has 0 saturated carbocycles. The second kappa shape index (κ2) is 11.1. The summed E-state index contributed by atoms with van der Waals surface area (Å²) in [6.07, 6.45) is 0.835. The van der Waals surface area contributed by atoms with E-state index in [4.69, 9.17) is 4.74 Å². The van der Waals surface area contributed by atoms with Crippen LogP contribution in [0, 0.1) is 0 Å². The predicted octanol–water partition coefficient (Wildman–Crippen LogP) is 3.42. The highest BCUT2D eigenvalue weighted by Gasteiger charge is 2.11. The maximum atomic E-state index is 12.1. The number of nitrogens with one attached hydrogen (secondary N) is 3. The Balaban J connectivity index is 1.75. The highest BCUT2D eigenvalue weighted by Crippen LogP contribution is 2.26. The molecule has 0 aromatic heterocycles. The summed E-state index contributed by atoms with van der Waals surface area (Å²) in [7, 11) is 0. The lowest BCUT2D eigenvalue weighted by Crippen LogP contribution is -2.41. The standard InChI is InChI=1S/C20H22BrN3O4/c1-2-12-28-17-9-8-14(13-16(17)21)20(27)24-23-19(26)11-10-18(25)22-15-6-4-3-5-7-15/h3-9,13H,2,10-12H2,1H3,(H,22,25)(H,23,26)(H,24,27). The summed E-state index contributed by atoms with van der Waals surface area (Å²) in [5.74, 6) is -0.561. The van der Waals surface area contributed by atoms with Crippen molar-refractivity contribution in [2.24, 2.45) is 0 Å². The second-order valence-corrected chi connectivity index (χ2v) is 6.76. The van der Waals surface area contributed by atoms with E-state index in [1.807, 2.05) is 13.0 Å². The van der Waals surface area contributed by atoms with E-state index in [2.05, 4.69) is 32.1 Å². The quantitative estimate of drug-likeness (QED) is 0.540. The van der Waals surface area contributed by atoms with E-state index in [9.17, 15) is 14.4 Å². The van der Waals surface area contributed by atoms with E-state index in [-0.39, 0.29) is 18.7 Å². The van der Waals surface area contributed by atoms with Crippen molar-refractivity contribution in [1.29, 1.82) is 0 Å². The topological polar surface area (TPSA) is 96.5 Å². The van der Waals surface area contributed by atoms with Gasteiger partial charge in [0, 0.05) is 24.1 Å². The fourth-order valence-corrected chi connectivity index (χ4v) is 2.70. The van der Waals surface area contributed by atoms with Crippen LogP contribution < -0.4 is 20.9 Å². The van der Waals surface area contributed by atoms with Gasteiger partial charge in [0.25, 0.3) is 5.91 Å². The summed E-state index contributed by atoms with van der Waals surface area (Å²) in [4.78, 5) is 35.8. The van der Waals surface area contributed by atoms with Crippen LogP contribution in [0.25, 0.3) is 0 Å². The number of hydrogen-bond donors (Lipinski definition) is 3. The van der Waals surface area contributed by atoms with Crippen molar-refractivity contribution < 1.29 is 19.1 Å². The highest BCUT2D eigenvalue weighted by atomic mass is 79.9. The maximum Gasteiger partial charge on any atom is 0.269 e. The molecule has 28 heavy (non-hydrogen) atoms. The van der Waals surface area contributed by atoms with Gasteiger partial charge in [0.15, 0.2) is 0 Å². The van der Waals surface area contributed by atoms with Gasteiger partial charge in [0.05, 0.1) is 11.1 Å². The number of halogens is 1. The average molecular weight is 448 g/mol. The molecule has 2 rings (SSSR count). The summed E-state index contributed by atoms with van der Waals surface area (Å²) in [6, 6.07) is 13.9. The van der Waals surface area contributed by atoms with Gasteiger partial charge in [0.2, 0.25) is 11.8 Å². The molecule has 0 unspecified atom stereocenters. The Morgan fingerprint density at radius 3 is 2.36 bits per heavy atom. The van der Waals surface area contributed by atoms with Crippen LogP contribution in [-0.4, -0.2) is 24.3 Å². The fraction of sp³-hybridized carbons (Fsp3) is 0.250. The van der Waals surface area contributed by atoms with Crippen molar-refractivity contribution in [2.75, 3.05) is 11.9 Å². The van der Waals surface area contributed by atoms with Gasteiger partial charge < -0.3 is 10.1 Å². The molecular formula is C20H22BrN3O4. The molecule has 0 radical (unpaired) electrons. The molecule has 2 aromatic carbocycles. The van der Waals surface area contributed by atoms with Crippen LogP contribution in [0.1, 0.15) is 36.5 Å². The number of carbonyl (C=O) groups is 3. The monoisotopic (exact) mass is 447 g/mol. The fourth-order valence-electron chi connectivity index (χ4n) is 2.20. The number of para-hydroxylation sites is 1. The lowest BCUT2D eigenvalue weighted by atomic mass is 10.2. The highest BCUT2D eigenvalue weighted by molar-refractivity contribution is 9.10. The summed E-state index contributed by atoms with van der Waals surface area (Å²) in [5.41, 5.74) is 5.66. The normalized spacial score (nSPS) is 10.1. The van der Waals surface area contributed by atoms with Crippen molar-refractivity contribution >= 4 is 39.3 Å². The minimum absolute atomic E-state index is 0.00557. The number of anilines is 1. The van der Waals surface area contributed by atoms with Gasteiger partial charge in [-0.05, 0) is 52.7 Å². The predicted molar refractivity (Wildman–Crippen MR) is 110 cm³/mol. The van der Waals surface area contributed by atoms with Crippen molar-refractivity contribution in [2.45, 2.75) is 26.2 Å². The molecule has 2 aromatic rings. The van der Waals surface area contributed by atoms with Gasteiger partial charge in [-0.15, -0.1) is 0 Å². The van der Waals surface area contributed by atoms with Gasteiger partial charge in [-0.25, -0.2) is 0 Å². The summed E-state index contributed by atoms with van der Waals surface area (Å²) in [6.45, 7) is 2.59. The Labute approximate surface area is 171 Å². The smallest absolute Gasteiger partial charge is 0.269 e. The Kier molecular flexibility index (Phi) is 8.48. The van der Waals surface area contributed by atoms with Crippen LogP contribution in [0.4, 0.5) is 5.69 Å². The number of hydrazine groups is 1. The molecule has 0 spiro atoms. The van der Waals surface area contributed by atoms with Gasteiger partial charge in [0.1, 0.15) is 5.75 Å². The van der Waals surface area contributed by atoms with Crippen LogP contribution in [0.2, 0.25) is 0 Å². The lowest BCUT2D eigenvalue weighted by molar-refractivity contribution is -0.124. The van der Waals surface area contributed by atoms with Crippen LogP contribution in [-0.2, 0) is 9.59 Å². The van der Waals surface area contributed by atoms with Gasteiger partial charge in [-0.2, -0.15) is 0 Å². The van der Waals surface area contributed by atoms with Gasteiger partial charge in [-0.1, -0.05) is 25.1 Å². The SMILES string of the molecule is CCCOc1ccc(C(=O)NNC(=O)CCC(=O)Nc2ccccc2)cc1Br. The van der Waals surface area contributed by atoms with E-state index < -0.39 is 11.8 Å². The molecule has 3 amide bonds. The van der Waals surface area contributed by atoms with Gasteiger partial charge >= 0.3 is 0 Å².